The van der Waals surface area contributed by atoms with Gasteiger partial charge in [-0.05, 0) is 59.7 Å². The summed E-state index contributed by atoms with van der Waals surface area (Å²) < 4.78 is 11.0. The molecule has 132 valence electrons. The molecule has 3 rings (SSSR count). The standard InChI is InChI=1S/C21H19ClN2O2/c1-25-20-11-9-19(10-12-20)24-23-14-17-3-2-4-21(13-17)26-15-16-5-7-18(22)8-6-16/h2-14,24H,15H2,1H3/b23-14+. The fraction of sp³-hybridized carbons (Fsp3) is 0.0952. The van der Waals surface area contributed by atoms with E-state index >= 15 is 0 Å². The molecule has 0 spiro atoms. The zero-order chi connectivity index (χ0) is 18.2. The fourth-order valence-corrected chi connectivity index (χ4v) is 2.40. The Labute approximate surface area is 158 Å². The number of hydrazone groups is 1. The number of rotatable bonds is 7. The van der Waals surface area contributed by atoms with Crippen molar-refractivity contribution < 1.29 is 9.47 Å². The highest BCUT2D eigenvalue weighted by Crippen LogP contribution is 2.17. The first-order valence-electron chi connectivity index (χ1n) is 8.13. The molecule has 0 saturated heterocycles. The van der Waals surface area contributed by atoms with Crippen LogP contribution in [0.5, 0.6) is 11.5 Å². The Kier molecular flexibility index (Phi) is 6.12. The van der Waals surface area contributed by atoms with E-state index in [-0.39, 0.29) is 0 Å². The minimum atomic E-state index is 0.488. The van der Waals surface area contributed by atoms with Crippen LogP contribution in [0.25, 0.3) is 0 Å². The third kappa shape index (κ3) is 5.26. The van der Waals surface area contributed by atoms with E-state index in [1.54, 1.807) is 13.3 Å². The number of nitrogens with one attached hydrogen (secondary N) is 1. The van der Waals surface area contributed by atoms with Gasteiger partial charge in [-0.2, -0.15) is 5.10 Å². The fourth-order valence-electron chi connectivity index (χ4n) is 2.28. The Morgan fingerprint density at radius 2 is 1.73 bits per heavy atom. The third-order valence-corrected chi connectivity index (χ3v) is 3.93. The van der Waals surface area contributed by atoms with Crippen LogP contribution < -0.4 is 14.9 Å². The van der Waals surface area contributed by atoms with Gasteiger partial charge in [0.1, 0.15) is 18.1 Å². The number of ether oxygens (including phenoxy) is 2. The first-order chi connectivity index (χ1) is 12.7. The molecular weight excluding hydrogens is 348 g/mol. The van der Waals surface area contributed by atoms with E-state index in [1.165, 1.54) is 0 Å². The second kappa shape index (κ2) is 8.92. The highest BCUT2D eigenvalue weighted by molar-refractivity contribution is 6.30. The Balaban J connectivity index is 1.56. The Morgan fingerprint density at radius 1 is 0.962 bits per heavy atom. The minimum absolute atomic E-state index is 0.488. The number of nitrogens with zero attached hydrogens (tertiary/aromatic N) is 1. The number of hydrogen-bond acceptors (Lipinski definition) is 4. The summed E-state index contributed by atoms with van der Waals surface area (Å²) in [5.74, 6) is 1.60. The van der Waals surface area contributed by atoms with Crippen molar-refractivity contribution in [3.63, 3.8) is 0 Å². The maximum Gasteiger partial charge on any atom is 0.120 e. The lowest BCUT2D eigenvalue weighted by Gasteiger charge is -2.07. The van der Waals surface area contributed by atoms with Gasteiger partial charge < -0.3 is 9.47 Å². The predicted molar refractivity (Wildman–Crippen MR) is 106 cm³/mol. The first-order valence-corrected chi connectivity index (χ1v) is 8.51. The van der Waals surface area contributed by atoms with Gasteiger partial charge in [-0.3, -0.25) is 5.43 Å². The van der Waals surface area contributed by atoms with Crippen LogP contribution in [0.4, 0.5) is 5.69 Å². The largest absolute Gasteiger partial charge is 0.497 e. The Morgan fingerprint density at radius 3 is 2.46 bits per heavy atom. The molecule has 0 saturated carbocycles. The summed E-state index contributed by atoms with van der Waals surface area (Å²) in [5.41, 5.74) is 5.88. The quantitative estimate of drug-likeness (QED) is 0.451. The van der Waals surface area contributed by atoms with E-state index in [9.17, 15) is 0 Å². The molecule has 0 bridgehead atoms. The predicted octanol–water partition coefficient (Wildman–Crippen LogP) is 5.37. The Hall–Kier alpha value is -2.98. The maximum absolute atomic E-state index is 5.89. The summed E-state index contributed by atoms with van der Waals surface area (Å²) in [6.45, 7) is 0.488. The van der Waals surface area contributed by atoms with Gasteiger partial charge in [-0.1, -0.05) is 35.9 Å². The molecule has 3 aromatic carbocycles. The van der Waals surface area contributed by atoms with Gasteiger partial charge in [0.25, 0.3) is 0 Å². The smallest absolute Gasteiger partial charge is 0.120 e. The molecule has 0 fully saturated rings. The molecule has 0 aliphatic heterocycles. The lowest BCUT2D eigenvalue weighted by atomic mass is 10.2. The van der Waals surface area contributed by atoms with Crippen LogP contribution in [0.1, 0.15) is 11.1 Å². The van der Waals surface area contributed by atoms with Gasteiger partial charge in [-0.25, -0.2) is 0 Å². The molecule has 3 aromatic rings. The molecule has 0 aliphatic rings. The first kappa shape index (κ1) is 17.8. The van der Waals surface area contributed by atoms with E-state index in [4.69, 9.17) is 21.1 Å². The number of methoxy groups -OCH3 is 1. The highest BCUT2D eigenvalue weighted by atomic mass is 35.5. The summed E-state index contributed by atoms with van der Waals surface area (Å²) in [4.78, 5) is 0. The van der Waals surface area contributed by atoms with Crippen LogP contribution in [-0.2, 0) is 6.61 Å². The van der Waals surface area contributed by atoms with E-state index < -0.39 is 0 Å². The van der Waals surface area contributed by atoms with Crippen molar-refractivity contribution in [3.05, 3.63) is 88.9 Å². The molecule has 0 amide bonds. The van der Waals surface area contributed by atoms with E-state index in [0.717, 1.165) is 33.3 Å². The van der Waals surface area contributed by atoms with Crippen molar-refractivity contribution in [2.45, 2.75) is 6.61 Å². The number of anilines is 1. The van der Waals surface area contributed by atoms with Gasteiger partial charge in [0.05, 0.1) is 19.0 Å². The minimum Gasteiger partial charge on any atom is -0.497 e. The number of benzene rings is 3. The zero-order valence-corrected chi connectivity index (χ0v) is 15.1. The molecule has 5 heteroatoms. The van der Waals surface area contributed by atoms with E-state index in [1.807, 2.05) is 72.8 Å². The van der Waals surface area contributed by atoms with Crippen LogP contribution in [0.15, 0.2) is 77.9 Å². The zero-order valence-electron chi connectivity index (χ0n) is 14.4. The molecule has 26 heavy (non-hydrogen) atoms. The molecule has 0 atom stereocenters. The molecule has 0 unspecified atom stereocenters. The third-order valence-electron chi connectivity index (χ3n) is 3.67. The summed E-state index contributed by atoms with van der Waals surface area (Å²) in [7, 11) is 1.64. The second-order valence-corrected chi connectivity index (χ2v) is 6.02. The lowest BCUT2D eigenvalue weighted by Crippen LogP contribution is -1.96. The normalized spacial score (nSPS) is 10.7. The topological polar surface area (TPSA) is 42.8 Å². The van der Waals surface area contributed by atoms with Crippen molar-refractivity contribution in [2.24, 2.45) is 5.10 Å². The SMILES string of the molecule is COc1ccc(N/N=C/c2cccc(OCc3ccc(Cl)cc3)c2)cc1. The average molecular weight is 367 g/mol. The van der Waals surface area contributed by atoms with Crippen molar-refractivity contribution in [2.75, 3.05) is 12.5 Å². The van der Waals surface area contributed by atoms with Crippen molar-refractivity contribution >= 4 is 23.5 Å². The van der Waals surface area contributed by atoms with Gasteiger partial charge >= 0.3 is 0 Å². The molecule has 0 aliphatic carbocycles. The van der Waals surface area contributed by atoms with Crippen LogP contribution in [0.3, 0.4) is 0 Å². The summed E-state index contributed by atoms with van der Waals surface area (Å²) in [6, 6.07) is 22.9. The van der Waals surface area contributed by atoms with Crippen LogP contribution in [-0.4, -0.2) is 13.3 Å². The number of hydrogen-bond donors (Lipinski definition) is 1. The molecule has 4 nitrogen and oxygen atoms in total. The molecular formula is C21H19ClN2O2. The number of halogens is 1. The summed E-state index contributed by atoms with van der Waals surface area (Å²) in [6.07, 6.45) is 1.75. The van der Waals surface area contributed by atoms with Crippen molar-refractivity contribution in [1.29, 1.82) is 0 Å². The molecule has 0 heterocycles. The van der Waals surface area contributed by atoms with Gasteiger partial charge in [-0.15, -0.1) is 0 Å². The molecule has 0 aromatic heterocycles. The molecule has 1 N–H and O–H groups in total. The average Bonchev–Trinajstić information content (AvgIpc) is 2.68. The summed E-state index contributed by atoms with van der Waals surface area (Å²) in [5, 5.41) is 4.97. The maximum atomic E-state index is 5.89. The van der Waals surface area contributed by atoms with Crippen molar-refractivity contribution in [3.8, 4) is 11.5 Å². The summed E-state index contributed by atoms with van der Waals surface area (Å²) >= 11 is 5.89. The lowest BCUT2D eigenvalue weighted by molar-refractivity contribution is 0.306. The monoisotopic (exact) mass is 366 g/mol. The van der Waals surface area contributed by atoms with Crippen LogP contribution >= 0.6 is 11.6 Å². The van der Waals surface area contributed by atoms with Gasteiger partial charge in [0.15, 0.2) is 0 Å². The van der Waals surface area contributed by atoms with Gasteiger partial charge in [0.2, 0.25) is 0 Å². The van der Waals surface area contributed by atoms with Gasteiger partial charge in [0, 0.05) is 5.02 Å². The second-order valence-electron chi connectivity index (χ2n) is 5.59. The van der Waals surface area contributed by atoms with E-state index in [0.29, 0.717) is 6.61 Å². The van der Waals surface area contributed by atoms with Crippen molar-refractivity contribution in [1.82, 2.24) is 0 Å². The Bertz CT molecular complexity index is 862. The molecule has 0 radical (unpaired) electrons. The van der Waals surface area contributed by atoms with E-state index in [2.05, 4.69) is 10.5 Å². The van der Waals surface area contributed by atoms with Crippen LogP contribution in [0.2, 0.25) is 5.02 Å². The van der Waals surface area contributed by atoms with Crippen LogP contribution in [0, 0.1) is 0 Å². The highest BCUT2D eigenvalue weighted by Gasteiger charge is 1.98.